The number of para-hydroxylation sites is 1. The van der Waals surface area contributed by atoms with Crippen LogP contribution >= 0.6 is 0 Å². The normalized spacial score (nSPS) is 17.8. The van der Waals surface area contributed by atoms with Crippen LogP contribution in [-0.2, 0) is 0 Å². The lowest BCUT2D eigenvalue weighted by molar-refractivity contribution is 0.0618. The Morgan fingerprint density at radius 1 is 1.08 bits per heavy atom. The van der Waals surface area contributed by atoms with Crippen molar-refractivity contribution >= 4 is 5.91 Å². The molecule has 132 valence electrons. The van der Waals surface area contributed by atoms with Gasteiger partial charge in [0, 0.05) is 12.0 Å². The van der Waals surface area contributed by atoms with E-state index in [1.54, 1.807) is 32.4 Å². The molecule has 0 aliphatic carbocycles. The van der Waals surface area contributed by atoms with Gasteiger partial charge in [-0.2, -0.15) is 0 Å². The number of benzene rings is 2. The first-order chi connectivity index (χ1) is 11.9. The second-order valence-corrected chi connectivity index (χ2v) is 6.67. The number of hydrogen-bond acceptors (Lipinski definition) is 4. The summed E-state index contributed by atoms with van der Waals surface area (Å²) in [4.78, 5) is 13.0. The molecule has 0 aromatic heterocycles. The first-order valence-corrected chi connectivity index (χ1v) is 8.25. The van der Waals surface area contributed by atoms with Crippen molar-refractivity contribution in [2.75, 3.05) is 14.2 Å². The second kappa shape index (κ2) is 6.67. The molecule has 1 amide bonds. The smallest absolute Gasteiger partial charge is 0.259 e. The topological polar surface area (TPSA) is 56.8 Å². The van der Waals surface area contributed by atoms with E-state index in [9.17, 15) is 4.79 Å². The lowest BCUT2D eigenvalue weighted by atomic mass is 9.89. The molecule has 3 rings (SSSR count). The molecule has 0 fully saturated rings. The molecule has 0 bridgehead atoms. The van der Waals surface area contributed by atoms with Crippen LogP contribution in [0.5, 0.6) is 17.2 Å². The van der Waals surface area contributed by atoms with Crippen molar-refractivity contribution in [3.8, 4) is 17.2 Å². The zero-order valence-electron chi connectivity index (χ0n) is 15.0. The van der Waals surface area contributed by atoms with Gasteiger partial charge in [0.2, 0.25) is 0 Å². The molecule has 1 atom stereocenters. The van der Waals surface area contributed by atoms with E-state index >= 15 is 0 Å². The highest BCUT2D eigenvalue weighted by molar-refractivity contribution is 6.00. The molecule has 5 heteroatoms. The summed E-state index contributed by atoms with van der Waals surface area (Å²) in [6.45, 7) is 4.04. The highest BCUT2D eigenvalue weighted by Gasteiger charge is 2.35. The summed E-state index contributed by atoms with van der Waals surface area (Å²) in [5, 5.41) is 3.12. The largest absolute Gasteiger partial charge is 0.496 e. The Bertz CT molecular complexity index is 763. The van der Waals surface area contributed by atoms with Gasteiger partial charge in [-0.05, 0) is 32.0 Å². The summed E-state index contributed by atoms with van der Waals surface area (Å²) in [6.07, 6.45) is 0.674. The summed E-state index contributed by atoms with van der Waals surface area (Å²) in [5.41, 5.74) is 1.01. The molecule has 0 radical (unpaired) electrons. The van der Waals surface area contributed by atoms with Crippen LogP contribution in [0, 0.1) is 0 Å². The van der Waals surface area contributed by atoms with Crippen LogP contribution in [0.4, 0.5) is 0 Å². The lowest BCUT2D eigenvalue weighted by Gasteiger charge is -2.38. The maximum Gasteiger partial charge on any atom is 0.259 e. The number of nitrogens with one attached hydrogen (secondary N) is 1. The molecular weight excluding hydrogens is 318 g/mol. The molecule has 2 aromatic rings. The van der Waals surface area contributed by atoms with Gasteiger partial charge in [-0.25, -0.2) is 0 Å². The molecule has 0 saturated heterocycles. The number of hydrogen-bond donors (Lipinski definition) is 1. The van der Waals surface area contributed by atoms with Crippen molar-refractivity contribution in [2.24, 2.45) is 0 Å². The minimum atomic E-state index is -0.364. The van der Waals surface area contributed by atoms with Gasteiger partial charge in [-0.1, -0.05) is 24.3 Å². The predicted octanol–water partition coefficient (Wildman–Crippen LogP) is 3.74. The highest BCUT2D eigenvalue weighted by atomic mass is 16.5. The molecule has 25 heavy (non-hydrogen) atoms. The van der Waals surface area contributed by atoms with Crippen molar-refractivity contribution in [3.05, 3.63) is 53.6 Å². The van der Waals surface area contributed by atoms with Crippen molar-refractivity contribution in [1.29, 1.82) is 0 Å². The summed E-state index contributed by atoms with van der Waals surface area (Å²) >= 11 is 0. The number of ether oxygens (including phenoxy) is 3. The van der Waals surface area contributed by atoms with E-state index in [0.717, 1.165) is 11.3 Å². The monoisotopic (exact) mass is 341 g/mol. The van der Waals surface area contributed by atoms with Crippen LogP contribution in [0.2, 0.25) is 0 Å². The third-order valence-electron chi connectivity index (χ3n) is 4.34. The van der Waals surface area contributed by atoms with Crippen LogP contribution in [0.25, 0.3) is 0 Å². The fourth-order valence-corrected chi connectivity index (χ4v) is 3.24. The molecule has 1 aliphatic rings. The summed E-state index contributed by atoms with van der Waals surface area (Å²) < 4.78 is 16.7. The SMILES string of the molecule is COc1cccc(OC)c1C(=O)NC1CC(C)(C)Oc2ccccc21. The first kappa shape index (κ1) is 17.1. The molecular formula is C20H23NO4. The second-order valence-electron chi connectivity index (χ2n) is 6.67. The summed E-state index contributed by atoms with van der Waals surface area (Å²) in [6, 6.07) is 12.9. The number of fused-ring (bicyclic) bond motifs is 1. The van der Waals surface area contributed by atoms with Crippen molar-refractivity contribution in [1.82, 2.24) is 5.32 Å². The zero-order valence-corrected chi connectivity index (χ0v) is 15.0. The Morgan fingerprint density at radius 3 is 2.36 bits per heavy atom. The van der Waals surface area contributed by atoms with Gasteiger partial charge in [0.1, 0.15) is 28.4 Å². The van der Waals surface area contributed by atoms with E-state index < -0.39 is 0 Å². The molecule has 1 heterocycles. The highest BCUT2D eigenvalue weighted by Crippen LogP contribution is 2.40. The van der Waals surface area contributed by atoms with Crippen molar-refractivity contribution in [2.45, 2.75) is 31.9 Å². The Labute approximate surface area is 147 Å². The van der Waals surface area contributed by atoms with Gasteiger partial charge in [0.05, 0.1) is 20.3 Å². The number of carbonyl (C=O) groups excluding carboxylic acids is 1. The van der Waals surface area contributed by atoms with E-state index in [1.807, 2.05) is 38.1 Å². The minimum absolute atomic E-state index is 0.151. The summed E-state index contributed by atoms with van der Waals surface area (Å²) in [7, 11) is 3.08. The fourth-order valence-electron chi connectivity index (χ4n) is 3.24. The first-order valence-electron chi connectivity index (χ1n) is 8.25. The van der Waals surface area contributed by atoms with E-state index in [1.165, 1.54) is 0 Å². The standard InChI is InChI=1S/C20H23NO4/c1-20(2)12-14(13-8-5-6-9-15(13)25-20)21-19(22)18-16(23-3)10-7-11-17(18)24-4/h5-11,14H,12H2,1-4H3,(H,21,22). The average Bonchev–Trinajstić information content (AvgIpc) is 2.59. The molecule has 1 unspecified atom stereocenters. The van der Waals surface area contributed by atoms with Gasteiger partial charge in [-0.3, -0.25) is 4.79 Å². The zero-order chi connectivity index (χ0) is 18.0. The molecule has 0 spiro atoms. The summed E-state index contributed by atoms with van der Waals surface area (Å²) in [5.74, 6) is 1.54. The minimum Gasteiger partial charge on any atom is -0.496 e. The average molecular weight is 341 g/mol. The quantitative estimate of drug-likeness (QED) is 0.920. The Hall–Kier alpha value is -2.69. The Balaban J connectivity index is 1.94. The molecule has 1 N–H and O–H groups in total. The number of rotatable bonds is 4. The van der Waals surface area contributed by atoms with Gasteiger partial charge in [0.15, 0.2) is 0 Å². The van der Waals surface area contributed by atoms with Crippen molar-refractivity contribution in [3.63, 3.8) is 0 Å². The van der Waals surface area contributed by atoms with E-state index in [2.05, 4.69) is 5.32 Å². The van der Waals surface area contributed by atoms with Gasteiger partial charge in [0.25, 0.3) is 5.91 Å². The van der Waals surface area contributed by atoms with Crippen molar-refractivity contribution < 1.29 is 19.0 Å². The third kappa shape index (κ3) is 3.40. The fraction of sp³-hybridized carbons (Fsp3) is 0.350. The van der Waals surface area contributed by atoms with Gasteiger partial charge < -0.3 is 19.5 Å². The Morgan fingerprint density at radius 2 is 1.72 bits per heavy atom. The van der Waals surface area contributed by atoms with E-state index in [-0.39, 0.29) is 17.6 Å². The number of carbonyl (C=O) groups is 1. The van der Waals surface area contributed by atoms with Crippen LogP contribution in [-0.4, -0.2) is 25.7 Å². The maximum atomic E-state index is 13.0. The predicted molar refractivity (Wildman–Crippen MR) is 95.5 cm³/mol. The van der Waals surface area contributed by atoms with Crippen LogP contribution in [0.3, 0.4) is 0 Å². The third-order valence-corrected chi connectivity index (χ3v) is 4.34. The molecule has 0 saturated carbocycles. The molecule has 5 nitrogen and oxygen atoms in total. The maximum absolute atomic E-state index is 13.0. The Kier molecular flexibility index (Phi) is 4.57. The van der Waals surface area contributed by atoms with E-state index in [4.69, 9.17) is 14.2 Å². The number of methoxy groups -OCH3 is 2. The van der Waals surface area contributed by atoms with Gasteiger partial charge in [-0.15, -0.1) is 0 Å². The van der Waals surface area contributed by atoms with Gasteiger partial charge >= 0.3 is 0 Å². The van der Waals surface area contributed by atoms with E-state index in [0.29, 0.717) is 23.5 Å². The van der Waals surface area contributed by atoms with Crippen LogP contribution in [0.15, 0.2) is 42.5 Å². The number of amides is 1. The lowest BCUT2D eigenvalue weighted by Crippen LogP contribution is -2.41. The van der Waals surface area contributed by atoms with Crippen LogP contribution in [0.1, 0.15) is 42.2 Å². The molecule has 2 aromatic carbocycles. The molecule has 1 aliphatic heterocycles. The van der Waals surface area contributed by atoms with Crippen LogP contribution < -0.4 is 19.5 Å².